The van der Waals surface area contributed by atoms with E-state index in [-0.39, 0.29) is 12.4 Å². The van der Waals surface area contributed by atoms with Crippen molar-refractivity contribution in [3.05, 3.63) is 33.5 Å². The molecule has 0 bridgehead atoms. The van der Waals surface area contributed by atoms with E-state index in [4.69, 9.17) is 10.5 Å². The van der Waals surface area contributed by atoms with Crippen LogP contribution in [-0.4, -0.2) is 13.7 Å². The molecular formula is C10H13BrFNO. The van der Waals surface area contributed by atoms with E-state index in [1.807, 2.05) is 6.07 Å². The van der Waals surface area contributed by atoms with Crippen molar-refractivity contribution in [1.29, 1.82) is 0 Å². The van der Waals surface area contributed by atoms with Gasteiger partial charge in [0.15, 0.2) is 0 Å². The molecule has 0 heterocycles. The van der Waals surface area contributed by atoms with Gasteiger partial charge in [0.05, 0.1) is 6.61 Å². The number of hydrogen-bond acceptors (Lipinski definition) is 2. The van der Waals surface area contributed by atoms with Crippen LogP contribution in [0.3, 0.4) is 0 Å². The van der Waals surface area contributed by atoms with Crippen LogP contribution < -0.4 is 5.73 Å². The van der Waals surface area contributed by atoms with Crippen molar-refractivity contribution in [2.24, 2.45) is 5.73 Å². The quantitative estimate of drug-likeness (QED) is 0.903. The van der Waals surface area contributed by atoms with Crippen molar-refractivity contribution in [1.82, 2.24) is 0 Å². The smallest absolute Gasteiger partial charge is 0.130 e. The lowest BCUT2D eigenvalue weighted by Crippen LogP contribution is -2.04. The molecule has 0 atom stereocenters. The largest absolute Gasteiger partial charge is 0.380 e. The summed E-state index contributed by atoms with van der Waals surface area (Å²) in [7, 11) is 1.54. The minimum Gasteiger partial charge on any atom is -0.380 e. The van der Waals surface area contributed by atoms with E-state index >= 15 is 0 Å². The summed E-state index contributed by atoms with van der Waals surface area (Å²) in [5, 5.41) is 0. The van der Waals surface area contributed by atoms with E-state index in [9.17, 15) is 4.39 Å². The van der Waals surface area contributed by atoms with E-state index in [0.717, 1.165) is 10.0 Å². The van der Waals surface area contributed by atoms with Gasteiger partial charge in [0.1, 0.15) is 5.82 Å². The Morgan fingerprint density at radius 1 is 1.50 bits per heavy atom. The Morgan fingerprint density at radius 3 is 2.71 bits per heavy atom. The Kier molecular flexibility index (Phi) is 4.51. The van der Waals surface area contributed by atoms with Crippen LogP contribution in [-0.2, 0) is 17.8 Å². The van der Waals surface area contributed by atoms with E-state index in [2.05, 4.69) is 15.9 Å². The zero-order valence-corrected chi connectivity index (χ0v) is 9.60. The molecule has 0 fully saturated rings. The molecule has 1 aromatic carbocycles. The summed E-state index contributed by atoms with van der Waals surface area (Å²) >= 11 is 3.31. The first-order valence-corrected chi connectivity index (χ1v) is 5.14. The molecule has 0 aliphatic carbocycles. The number of hydrogen-bond donors (Lipinski definition) is 1. The van der Waals surface area contributed by atoms with Crippen molar-refractivity contribution in [2.45, 2.75) is 13.0 Å². The van der Waals surface area contributed by atoms with Gasteiger partial charge in [-0.1, -0.05) is 15.9 Å². The van der Waals surface area contributed by atoms with Gasteiger partial charge in [-0.05, 0) is 30.7 Å². The lowest BCUT2D eigenvalue weighted by atomic mass is 10.1. The SMILES string of the molecule is COCc1c(F)cc(CCN)cc1Br. The fraction of sp³-hybridized carbons (Fsp3) is 0.400. The molecule has 1 rings (SSSR count). The van der Waals surface area contributed by atoms with Crippen molar-refractivity contribution in [3.63, 3.8) is 0 Å². The first kappa shape index (κ1) is 11.6. The van der Waals surface area contributed by atoms with Crippen molar-refractivity contribution >= 4 is 15.9 Å². The predicted molar refractivity (Wildman–Crippen MR) is 57.6 cm³/mol. The molecule has 1 aromatic rings. The summed E-state index contributed by atoms with van der Waals surface area (Å²) in [5.41, 5.74) is 6.84. The van der Waals surface area contributed by atoms with Gasteiger partial charge in [0, 0.05) is 17.1 Å². The minimum absolute atomic E-state index is 0.246. The van der Waals surface area contributed by atoms with Gasteiger partial charge < -0.3 is 10.5 Å². The summed E-state index contributed by atoms with van der Waals surface area (Å²) in [4.78, 5) is 0. The highest BCUT2D eigenvalue weighted by molar-refractivity contribution is 9.10. The molecule has 14 heavy (non-hydrogen) atoms. The van der Waals surface area contributed by atoms with Crippen LogP contribution in [0.2, 0.25) is 0 Å². The maximum absolute atomic E-state index is 13.5. The fourth-order valence-corrected chi connectivity index (χ4v) is 1.85. The van der Waals surface area contributed by atoms with Crippen LogP contribution in [0.15, 0.2) is 16.6 Å². The number of methoxy groups -OCH3 is 1. The molecule has 2 nitrogen and oxygen atoms in total. The highest BCUT2D eigenvalue weighted by atomic mass is 79.9. The number of halogens is 2. The van der Waals surface area contributed by atoms with Gasteiger partial charge in [0.2, 0.25) is 0 Å². The first-order chi connectivity index (χ1) is 6.69. The Hall–Kier alpha value is -0.450. The average Bonchev–Trinajstić information content (AvgIpc) is 2.12. The molecule has 0 unspecified atom stereocenters. The Labute approximate surface area is 91.4 Å². The van der Waals surface area contributed by atoms with Gasteiger partial charge >= 0.3 is 0 Å². The molecule has 4 heteroatoms. The standard InChI is InChI=1S/C10H13BrFNO/c1-14-6-8-9(11)4-7(2-3-13)5-10(8)12/h4-5H,2-3,6,13H2,1H3. The van der Waals surface area contributed by atoms with Crippen LogP contribution in [0.5, 0.6) is 0 Å². The zero-order chi connectivity index (χ0) is 10.6. The zero-order valence-electron chi connectivity index (χ0n) is 8.02. The molecule has 0 saturated carbocycles. The molecule has 0 aliphatic rings. The molecule has 0 aliphatic heterocycles. The van der Waals surface area contributed by atoms with Crippen LogP contribution in [0.4, 0.5) is 4.39 Å². The van der Waals surface area contributed by atoms with E-state index in [1.165, 1.54) is 6.07 Å². The van der Waals surface area contributed by atoms with Gasteiger partial charge in [0.25, 0.3) is 0 Å². The monoisotopic (exact) mass is 261 g/mol. The van der Waals surface area contributed by atoms with Crippen LogP contribution in [0.1, 0.15) is 11.1 Å². The highest BCUT2D eigenvalue weighted by Gasteiger charge is 2.08. The lowest BCUT2D eigenvalue weighted by molar-refractivity contribution is 0.181. The number of ether oxygens (including phenoxy) is 1. The summed E-state index contributed by atoms with van der Waals surface area (Å²) in [6, 6.07) is 3.39. The second kappa shape index (κ2) is 5.44. The van der Waals surface area contributed by atoms with Crippen LogP contribution in [0, 0.1) is 5.82 Å². The molecule has 0 amide bonds. The van der Waals surface area contributed by atoms with E-state index < -0.39 is 0 Å². The second-order valence-corrected chi connectivity index (χ2v) is 3.86. The predicted octanol–water partition coefficient (Wildman–Crippen LogP) is 2.24. The summed E-state index contributed by atoms with van der Waals surface area (Å²) in [6.45, 7) is 0.796. The molecule has 0 saturated heterocycles. The summed E-state index contributed by atoms with van der Waals surface area (Å²) < 4.78 is 19.1. The third-order valence-electron chi connectivity index (χ3n) is 1.92. The molecule has 78 valence electrons. The summed E-state index contributed by atoms with van der Waals surface area (Å²) in [6.07, 6.45) is 0.683. The maximum Gasteiger partial charge on any atom is 0.130 e. The summed E-state index contributed by atoms with van der Waals surface area (Å²) in [5.74, 6) is -0.246. The van der Waals surface area contributed by atoms with Gasteiger partial charge in [-0.3, -0.25) is 0 Å². The number of nitrogens with two attached hydrogens (primary N) is 1. The van der Waals surface area contributed by atoms with E-state index in [1.54, 1.807) is 7.11 Å². The highest BCUT2D eigenvalue weighted by Crippen LogP contribution is 2.23. The number of benzene rings is 1. The topological polar surface area (TPSA) is 35.2 Å². The van der Waals surface area contributed by atoms with Crippen molar-refractivity contribution < 1.29 is 9.13 Å². The molecule has 0 aromatic heterocycles. The van der Waals surface area contributed by atoms with Crippen LogP contribution >= 0.6 is 15.9 Å². The Morgan fingerprint density at radius 2 is 2.21 bits per heavy atom. The first-order valence-electron chi connectivity index (χ1n) is 4.34. The number of rotatable bonds is 4. The van der Waals surface area contributed by atoms with Crippen LogP contribution in [0.25, 0.3) is 0 Å². The molecular weight excluding hydrogens is 249 g/mol. The van der Waals surface area contributed by atoms with Gasteiger partial charge in [-0.25, -0.2) is 4.39 Å². The third kappa shape index (κ3) is 2.77. The van der Waals surface area contributed by atoms with Gasteiger partial charge in [-0.2, -0.15) is 0 Å². The van der Waals surface area contributed by atoms with E-state index in [0.29, 0.717) is 18.5 Å². The normalized spacial score (nSPS) is 10.6. The van der Waals surface area contributed by atoms with Gasteiger partial charge in [-0.15, -0.1) is 0 Å². The minimum atomic E-state index is -0.246. The molecule has 2 N–H and O–H groups in total. The van der Waals surface area contributed by atoms with Crippen molar-refractivity contribution in [2.75, 3.05) is 13.7 Å². The maximum atomic E-state index is 13.5. The Bertz CT molecular complexity index is 294. The molecule has 0 spiro atoms. The third-order valence-corrected chi connectivity index (χ3v) is 2.63. The Balaban J connectivity index is 2.98. The molecule has 0 radical (unpaired) electrons. The second-order valence-electron chi connectivity index (χ2n) is 3.01. The van der Waals surface area contributed by atoms with Crippen molar-refractivity contribution in [3.8, 4) is 0 Å². The lowest BCUT2D eigenvalue weighted by Gasteiger charge is -2.07. The average molecular weight is 262 g/mol. The fourth-order valence-electron chi connectivity index (χ4n) is 1.25.